The Kier molecular flexibility index (Phi) is 3.89. The predicted octanol–water partition coefficient (Wildman–Crippen LogP) is 1.71. The predicted molar refractivity (Wildman–Crippen MR) is 71.5 cm³/mol. The zero-order valence-corrected chi connectivity index (χ0v) is 11.1. The largest absolute Gasteiger partial charge is 0.397 e. The molecular weight excluding hydrogens is 244 g/mol. The minimum atomic E-state index is -0.167. The highest BCUT2D eigenvalue weighted by Gasteiger charge is 2.13. The standard InChI is InChI=1S/C13H18N4O2/c1-3-4-17-8-10(14)6-12(17)13(18)15-7-11-5-9(2)16-19-11/h5-6,8H,3-4,7,14H2,1-2H3,(H,15,18). The van der Waals surface area contributed by atoms with Crippen molar-refractivity contribution in [3.63, 3.8) is 0 Å². The molecule has 0 aliphatic carbocycles. The van der Waals surface area contributed by atoms with E-state index in [0.29, 0.717) is 23.7 Å². The van der Waals surface area contributed by atoms with Crippen LogP contribution in [0.5, 0.6) is 0 Å². The van der Waals surface area contributed by atoms with Gasteiger partial charge < -0.3 is 20.1 Å². The number of nitrogens with one attached hydrogen (secondary N) is 1. The molecule has 0 aromatic carbocycles. The van der Waals surface area contributed by atoms with Gasteiger partial charge in [-0.1, -0.05) is 12.1 Å². The number of nitrogens with zero attached hydrogens (tertiary/aromatic N) is 2. The van der Waals surface area contributed by atoms with Gasteiger partial charge in [-0.25, -0.2) is 0 Å². The van der Waals surface area contributed by atoms with Crippen LogP contribution in [-0.2, 0) is 13.1 Å². The van der Waals surface area contributed by atoms with Gasteiger partial charge in [-0.3, -0.25) is 4.79 Å². The van der Waals surface area contributed by atoms with Gasteiger partial charge >= 0.3 is 0 Å². The molecule has 0 atom stereocenters. The Morgan fingerprint density at radius 2 is 2.32 bits per heavy atom. The van der Waals surface area contributed by atoms with Crippen LogP contribution in [0.3, 0.4) is 0 Å². The van der Waals surface area contributed by atoms with Gasteiger partial charge in [0, 0.05) is 18.8 Å². The number of carbonyl (C=O) groups excluding carboxylic acids is 1. The van der Waals surface area contributed by atoms with Crippen molar-refractivity contribution in [1.82, 2.24) is 15.0 Å². The van der Waals surface area contributed by atoms with Gasteiger partial charge in [0.15, 0.2) is 5.76 Å². The van der Waals surface area contributed by atoms with Gasteiger partial charge in [-0.05, 0) is 19.4 Å². The number of carbonyl (C=O) groups is 1. The van der Waals surface area contributed by atoms with Crippen molar-refractivity contribution in [2.45, 2.75) is 33.4 Å². The van der Waals surface area contributed by atoms with Gasteiger partial charge in [0.1, 0.15) is 5.69 Å². The zero-order chi connectivity index (χ0) is 13.8. The molecule has 2 aromatic rings. The van der Waals surface area contributed by atoms with E-state index in [1.54, 1.807) is 18.3 Å². The third kappa shape index (κ3) is 3.15. The van der Waals surface area contributed by atoms with Crippen molar-refractivity contribution in [3.05, 3.63) is 35.5 Å². The lowest BCUT2D eigenvalue weighted by Gasteiger charge is -2.07. The summed E-state index contributed by atoms with van der Waals surface area (Å²) < 4.78 is 6.89. The fourth-order valence-electron chi connectivity index (χ4n) is 1.91. The van der Waals surface area contributed by atoms with Gasteiger partial charge in [-0.2, -0.15) is 0 Å². The number of amides is 1. The van der Waals surface area contributed by atoms with Gasteiger partial charge in [-0.15, -0.1) is 0 Å². The second-order valence-corrected chi connectivity index (χ2v) is 4.47. The van der Waals surface area contributed by atoms with E-state index < -0.39 is 0 Å². The third-order valence-electron chi connectivity index (χ3n) is 2.71. The summed E-state index contributed by atoms with van der Waals surface area (Å²) in [6.45, 7) is 4.97. The summed E-state index contributed by atoms with van der Waals surface area (Å²) in [7, 11) is 0. The van der Waals surface area contributed by atoms with E-state index in [-0.39, 0.29) is 5.91 Å². The summed E-state index contributed by atoms with van der Waals surface area (Å²) in [5.41, 5.74) is 7.68. The Morgan fingerprint density at radius 3 is 2.95 bits per heavy atom. The number of nitrogens with two attached hydrogens (primary N) is 1. The number of anilines is 1. The average Bonchev–Trinajstić information content (AvgIpc) is 2.93. The molecule has 0 radical (unpaired) electrons. The fraction of sp³-hybridized carbons (Fsp3) is 0.385. The van der Waals surface area contributed by atoms with Gasteiger partial charge in [0.05, 0.1) is 17.9 Å². The highest BCUT2D eigenvalue weighted by molar-refractivity contribution is 5.93. The number of nitrogen functional groups attached to an aromatic ring is 1. The Hall–Kier alpha value is -2.24. The van der Waals surface area contributed by atoms with E-state index in [0.717, 1.165) is 18.7 Å². The maximum absolute atomic E-state index is 12.1. The number of hydrogen-bond donors (Lipinski definition) is 2. The molecule has 0 bridgehead atoms. The summed E-state index contributed by atoms with van der Waals surface area (Å²) >= 11 is 0. The fourth-order valence-corrected chi connectivity index (χ4v) is 1.91. The smallest absolute Gasteiger partial charge is 0.268 e. The summed E-state index contributed by atoms with van der Waals surface area (Å²) in [6, 6.07) is 3.47. The van der Waals surface area contributed by atoms with Crippen LogP contribution in [0.25, 0.3) is 0 Å². The molecule has 0 saturated heterocycles. The highest BCUT2D eigenvalue weighted by Crippen LogP contribution is 2.11. The molecule has 0 saturated carbocycles. The van der Waals surface area contributed by atoms with Crippen LogP contribution in [0, 0.1) is 6.92 Å². The normalized spacial score (nSPS) is 10.6. The topological polar surface area (TPSA) is 86.1 Å². The van der Waals surface area contributed by atoms with Crippen LogP contribution >= 0.6 is 0 Å². The molecule has 0 aliphatic heterocycles. The molecule has 3 N–H and O–H groups in total. The molecule has 2 rings (SSSR count). The number of aromatic nitrogens is 2. The highest BCUT2D eigenvalue weighted by atomic mass is 16.5. The molecular formula is C13H18N4O2. The first-order valence-electron chi connectivity index (χ1n) is 6.26. The molecule has 6 nitrogen and oxygen atoms in total. The van der Waals surface area contributed by atoms with E-state index >= 15 is 0 Å². The SMILES string of the molecule is CCCn1cc(N)cc1C(=O)NCc1cc(C)no1. The van der Waals surface area contributed by atoms with Crippen LogP contribution in [0.2, 0.25) is 0 Å². The monoisotopic (exact) mass is 262 g/mol. The van der Waals surface area contributed by atoms with E-state index in [9.17, 15) is 4.79 Å². The molecule has 102 valence electrons. The maximum Gasteiger partial charge on any atom is 0.268 e. The first-order valence-corrected chi connectivity index (χ1v) is 6.26. The lowest BCUT2D eigenvalue weighted by Crippen LogP contribution is -2.25. The minimum Gasteiger partial charge on any atom is -0.397 e. The van der Waals surface area contributed by atoms with E-state index in [1.807, 2.05) is 11.5 Å². The molecule has 0 fully saturated rings. The molecule has 19 heavy (non-hydrogen) atoms. The van der Waals surface area contributed by atoms with Crippen molar-refractivity contribution < 1.29 is 9.32 Å². The number of hydrogen-bond acceptors (Lipinski definition) is 4. The molecule has 0 unspecified atom stereocenters. The van der Waals surface area contributed by atoms with Crippen molar-refractivity contribution >= 4 is 11.6 Å². The average molecular weight is 262 g/mol. The first kappa shape index (κ1) is 13.2. The lowest BCUT2D eigenvalue weighted by molar-refractivity contribution is 0.0937. The van der Waals surface area contributed by atoms with Crippen LogP contribution in [0.4, 0.5) is 5.69 Å². The Morgan fingerprint density at radius 1 is 1.53 bits per heavy atom. The number of aryl methyl sites for hydroxylation is 2. The second-order valence-electron chi connectivity index (χ2n) is 4.47. The van der Waals surface area contributed by atoms with Gasteiger partial charge in [0.2, 0.25) is 0 Å². The van der Waals surface area contributed by atoms with E-state index in [2.05, 4.69) is 17.4 Å². The van der Waals surface area contributed by atoms with Crippen molar-refractivity contribution in [2.24, 2.45) is 0 Å². The van der Waals surface area contributed by atoms with Crippen LogP contribution in [0.1, 0.15) is 35.3 Å². The molecule has 2 heterocycles. The Bertz CT molecular complexity index is 571. The van der Waals surface area contributed by atoms with E-state index in [1.165, 1.54) is 0 Å². The molecule has 0 spiro atoms. The summed E-state index contributed by atoms with van der Waals surface area (Å²) in [6.07, 6.45) is 2.71. The van der Waals surface area contributed by atoms with Crippen LogP contribution in [0.15, 0.2) is 22.9 Å². The number of rotatable bonds is 5. The van der Waals surface area contributed by atoms with Crippen LogP contribution < -0.4 is 11.1 Å². The van der Waals surface area contributed by atoms with Gasteiger partial charge in [0.25, 0.3) is 5.91 Å². The van der Waals surface area contributed by atoms with E-state index in [4.69, 9.17) is 10.3 Å². The molecule has 1 amide bonds. The first-order chi connectivity index (χ1) is 9.10. The zero-order valence-electron chi connectivity index (χ0n) is 11.1. The van der Waals surface area contributed by atoms with Crippen LogP contribution in [-0.4, -0.2) is 15.6 Å². The quantitative estimate of drug-likeness (QED) is 0.858. The lowest BCUT2D eigenvalue weighted by atomic mass is 10.3. The Balaban J connectivity index is 2.03. The van der Waals surface area contributed by atoms with Crippen molar-refractivity contribution in [2.75, 3.05) is 5.73 Å². The van der Waals surface area contributed by atoms with Crippen molar-refractivity contribution in [3.8, 4) is 0 Å². The second kappa shape index (κ2) is 5.60. The molecule has 6 heteroatoms. The molecule has 2 aromatic heterocycles. The minimum absolute atomic E-state index is 0.167. The van der Waals surface area contributed by atoms with Crippen molar-refractivity contribution in [1.29, 1.82) is 0 Å². The third-order valence-corrected chi connectivity index (χ3v) is 2.71. The summed E-state index contributed by atoms with van der Waals surface area (Å²) in [4.78, 5) is 12.1. The Labute approximate surface area is 111 Å². The summed E-state index contributed by atoms with van der Waals surface area (Å²) in [5.74, 6) is 0.464. The summed E-state index contributed by atoms with van der Waals surface area (Å²) in [5, 5.41) is 6.56. The maximum atomic E-state index is 12.1. The molecule has 0 aliphatic rings.